The average Bonchev–Trinajstić information content (AvgIpc) is 2.82. The van der Waals surface area contributed by atoms with Gasteiger partial charge in [-0.3, -0.25) is 0 Å². The molecule has 12 nitrogen and oxygen atoms in total. The van der Waals surface area contributed by atoms with E-state index < -0.39 is 40.6 Å². The van der Waals surface area contributed by atoms with Gasteiger partial charge in [0.05, 0.1) is 49.8 Å². The first-order valence-electron chi connectivity index (χ1n) is 10.6. The molecule has 2 aliphatic rings. The van der Waals surface area contributed by atoms with Crippen LogP contribution < -0.4 is 15.4 Å². The number of ether oxygens (including phenoxy) is 4. The summed E-state index contributed by atoms with van der Waals surface area (Å²) in [4.78, 5) is 36.7. The predicted molar refractivity (Wildman–Crippen MR) is 118 cm³/mol. The van der Waals surface area contributed by atoms with Crippen molar-refractivity contribution in [3.63, 3.8) is 0 Å². The van der Waals surface area contributed by atoms with Crippen LogP contribution in [0.15, 0.2) is 34.4 Å². The Morgan fingerprint density at radius 2 is 1.88 bits per heavy atom. The molecule has 0 spiro atoms. The van der Waals surface area contributed by atoms with E-state index in [4.69, 9.17) is 18.9 Å². The number of hydrogen-bond donors (Lipinski definition) is 2. The van der Waals surface area contributed by atoms with Crippen LogP contribution in [0.3, 0.4) is 0 Å². The SMILES string of the molecule is CCOC(=O)C1=C(COC(=O)c2ccc(OC)c(S(=O)(=O)N3CCOCC3)c2)NC(=O)N[C@@H]1C. The van der Waals surface area contributed by atoms with E-state index >= 15 is 0 Å². The second-order valence-corrected chi connectivity index (χ2v) is 9.30. The van der Waals surface area contributed by atoms with Crippen molar-refractivity contribution in [3.8, 4) is 5.75 Å². The molecule has 2 heterocycles. The quantitative estimate of drug-likeness (QED) is 0.486. The minimum Gasteiger partial charge on any atom is -0.495 e. The van der Waals surface area contributed by atoms with Crippen LogP contribution in [-0.2, 0) is 29.0 Å². The van der Waals surface area contributed by atoms with Gasteiger partial charge in [-0.25, -0.2) is 22.8 Å². The fourth-order valence-electron chi connectivity index (χ4n) is 3.55. The molecule has 13 heteroatoms. The van der Waals surface area contributed by atoms with Crippen molar-refractivity contribution in [2.75, 3.05) is 46.6 Å². The summed E-state index contributed by atoms with van der Waals surface area (Å²) in [6.07, 6.45) is 0. The molecule has 0 unspecified atom stereocenters. The number of sulfonamides is 1. The Balaban J connectivity index is 1.84. The fraction of sp³-hybridized carbons (Fsp3) is 0.476. The van der Waals surface area contributed by atoms with Crippen LogP contribution in [-0.4, -0.2) is 83.4 Å². The highest BCUT2D eigenvalue weighted by atomic mass is 32.2. The summed E-state index contributed by atoms with van der Waals surface area (Å²) < 4.78 is 48.2. The van der Waals surface area contributed by atoms with Crippen molar-refractivity contribution in [3.05, 3.63) is 35.0 Å². The number of esters is 2. The lowest BCUT2D eigenvalue weighted by Crippen LogP contribution is -2.50. The zero-order valence-electron chi connectivity index (χ0n) is 19.1. The van der Waals surface area contributed by atoms with E-state index in [-0.39, 0.29) is 60.4 Å². The second kappa shape index (κ2) is 10.8. The molecule has 0 radical (unpaired) electrons. The Labute approximate surface area is 197 Å². The van der Waals surface area contributed by atoms with Gasteiger partial charge in [-0.2, -0.15) is 4.31 Å². The fourth-order valence-corrected chi connectivity index (χ4v) is 5.14. The Hall–Kier alpha value is -3.16. The van der Waals surface area contributed by atoms with E-state index in [1.54, 1.807) is 13.8 Å². The van der Waals surface area contributed by atoms with Gasteiger partial charge in [-0.15, -0.1) is 0 Å². The number of morpholine rings is 1. The minimum atomic E-state index is -3.95. The van der Waals surface area contributed by atoms with Crippen LogP contribution in [0.25, 0.3) is 0 Å². The summed E-state index contributed by atoms with van der Waals surface area (Å²) >= 11 is 0. The molecule has 0 saturated carbocycles. The van der Waals surface area contributed by atoms with E-state index in [2.05, 4.69) is 10.6 Å². The lowest BCUT2D eigenvalue weighted by Gasteiger charge is -2.27. The number of methoxy groups -OCH3 is 1. The van der Waals surface area contributed by atoms with Gasteiger partial charge in [-0.05, 0) is 32.0 Å². The third-order valence-electron chi connectivity index (χ3n) is 5.20. The first-order valence-corrected chi connectivity index (χ1v) is 12.0. The highest BCUT2D eigenvalue weighted by molar-refractivity contribution is 7.89. The zero-order valence-corrected chi connectivity index (χ0v) is 19.9. The number of amides is 2. The van der Waals surface area contributed by atoms with Crippen LogP contribution in [0.5, 0.6) is 5.75 Å². The number of rotatable bonds is 8. The Bertz CT molecular complexity index is 1090. The Morgan fingerprint density at radius 3 is 2.53 bits per heavy atom. The molecule has 0 bridgehead atoms. The molecule has 1 atom stereocenters. The van der Waals surface area contributed by atoms with Crippen LogP contribution in [0.4, 0.5) is 4.79 Å². The van der Waals surface area contributed by atoms with Crippen molar-refractivity contribution < 1.29 is 41.7 Å². The number of carbonyl (C=O) groups is 3. The van der Waals surface area contributed by atoms with E-state index in [9.17, 15) is 22.8 Å². The van der Waals surface area contributed by atoms with E-state index in [0.29, 0.717) is 0 Å². The normalized spacial score (nSPS) is 19.1. The van der Waals surface area contributed by atoms with Gasteiger partial charge >= 0.3 is 18.0 Å². The lowest BCUT2D eigenvalue weighted by molar-refractivity contribution is -0.139. The van der Waals surface area contributed by atoms with Gasteiger partial charge in [0.1, 0.15) is 17.3 Å². The first kappa shape index (κ1) is 25.5. The predicted octanol–water partition coefficient (Wildman–Crippen LogP) is 0.391. The smallest absolute Gasteiger partial charge is 0.338 e. The number of urea groups is 1. The minimum absolute atomic E-state index is 0.0424. The molecular weight excluding hydrogens is 470 g/mol. The number of hydrogen-bond acceptors (Lipinski definition) is 9. The topological polar surface area (TPSA) is 150 Å². The molecule has 1 fully saturated rings. The molecule has 0 aliphatic carbocycles. The van der Waals surface area contributed by atoms with Gasteiger partial charge in [0.25, 0.3) is 0 Å². The highest BCUT2D eigenvalue weighted by Crippen LogP contribution is 2.29. The molecule has 2 N–H and O–H groups in total. The van der Waals surface area contributed by atoms with Crippen LogP contribution in [0.2, 0.25) is 0 Å². The Kier molecular flexibility index (Phi) is 8.12. The summed E-state index contributed by atoms with van der Waals surface area (Å²) in [5.41, 5.74) is 0.163. The number of nitrogens with one attached hydrogen (secondary N) is 2. The van der Waals surface area contributed by atoms with E-state index in [0.717, 1.165) is 0 Å². The highest BCUT2D eigenvalue weighted by Gasteiger charge is 2.32. The van der Waals surface area contributed by atoms with Crippen molar-refractivity contribution in [2.24, 2.45) is 0 Å². The van der Waals surface area contributed by atoms with Gasteiger partial charge in [0.15, 0.2) is 0 Å². The van der Waals surface area contributed by atoms with Crippen molar-refractivity contribution in [1.82, 2.24) is 14.9 Å². The second-order valence-electron chi connectivity index (χ2n) is 7.39. The molecule has 1 saturated heterocycles. The molecule has 1 aromatic rings. The maximum Gasteiger partial charge on any atom is 0.338 e. The van der Waals surface area contributed by atoms with E-state index in [1.807, 2.05) is 0 Å². The number of carbonyl (C=O) groups excluding carboxylic acids is 3. The van der Waals surface area contributed by atoms with Gasteiger partial charge < -0.3 is 29.6 Å². The van der Waals surface area contributed by atoms with Gasteiger partial charge in [-0.1, -0.05) is 0 Å². The number of benzene rings is 1. The van der Waals surface area contributed by atoms with Crippen LogP contribution >= 0.6 is 0 Å². The van der Waals surface area contributed by atoms with Crippen molar-refractivity contribution in [1.29, 1.82) is 0 Å². The van der Waals surface area contributed by atoms with Crippen LogP contribution in [0, 0.1) is 0 Å². The van der Waals surface area contributed by atoms with E-state index in [1.165, 1.54) is 29.6 Å². The first-order chi connectivity index (χ1) is 16.2. The number of nitrogens with zero attached hydrogens (tertiary/aromatic N) is 1. The maximum atomic E-state index is 13.1. The monoisotopic (exact) mass is 497 g/mol. The third kappa shape index (κ3) is 5.48. The molecule has 3 rings (SSSR count). The lowest BCUT2D eigenvalue weighted by atomic mass is 10.0. The summed E-state index contributed by atoms with van der Waals surface area (Å²) in [5.74, 6) is -1.43. The molecule has 186 valence electrons. The summed E-state index contributed by atoms with van der Waals surface area (Å²) in [5, 5.41) is 5.00. The van der Waals surface area contributed by atoms with Gasteiger partial charge in [0.2, 0.25) is 10.0 Å². The molecule has 2 aliphatic heterocycles. The van der Waals surface area contributed by atoms with Gasteiger partial charge in [0, 0.05) is 13.1 Å². The summed E-state index contributed by atoms with van der Waals surface area (Å²) in [7, 11) is -2.62. The molecule has 34 heavy (non-hydrogen) atoms. The largest absolute Gasteiger partial charge is 0.495 e. The van der Waals surface area contributed by atoms with Crippen LogP contribution in [0.1, 0.15) is 24.2 Å². The zero-order chi connectivity index (χ0) is 24.9. The standard InChI is InChI=1S/C21H27N3O9S/c1-4-32-20(26)18-13(2)22-21(27)23-15(18)12-33-19(25)14-5-6-16(30-3)17(11-14)34(28,29)24-7-9-31-10-8-24/h5-6,11,13H,4,7-10,12H2,1-3H3,(H2,22,23,27)/t13-/m1/s1. The molecule has 1 aromatic carbocycles. The maximum absolute atomic E-state index is 13.1. The van der Waals surface area contributed by atoms with Crippen molar-refractivity contribution in [2.45, 2.75) is 24.8 Å². The average molecular weight is 498 g/mol. The molecule has 0 aromatic heterocycles. The third-order valence-corrected chi connectivity index (χ3v) is 7.12. The Morgan fingerprint density at radius 1 is 1.18 bits per heavy atom. The van der Waals surface area contributed by atoms with Crippen molar-refractivity contribution >= 4 is 28.0 Å². The summed E-state index contributed by atoms with van der Waals surface area (Å²) in [6, 6.07) is 2.68. The molecular formula is C21H27N3O9S. The molecule has 2 amide bonds. The summed E-state index contributed by atoms with van der Waals surface area (Å²) in [6.45, 7) is 3.82.